The van der Waals surface area contributed by atoms with Crippen LogP contribution in [-0.4, -0.2) is 23.8 Å². The molecule has 0 aromatic carbocycles. The smallest absolute Gasteiger partial charge is 0.0584 e. The van der Waals surface area contributed by atoms with Crippen molar-refractivity contribution in [3.05, 3.63) is 0 Å². The molecule has 0 amide bonds. The van der Waals surface area contributed by atoms with Gasteiger partial charge >= 0.3 is 0 Å². The van der Waals surface area contributed by atoms with Crippen molar-refractivity contribution in [2.45, 2.75) is 51.1 Å². The maximum atomic E-state index is 9.09. The number of hydrogen-bond acceptors (Lipinski definition) is 2. The van der Waals surface area contributed by atoms with E-state index in [1.54, 1.807) is 0 Å². The zero-order valence-electron chi connectivity index (χ0n) is 8.50. The summed E-state index contributed by atoms with van der Waals surface area (Å²) in [7, 11) is 0. The van der Waals surface area contributed by atoms with E-state index in [1.807, 2.05) is 0 Å². The molecule has 2 N–H and O–H groups in total. The highest BCUT2D eigenvalue weighted by molar-refractivity contribution is 4.95. The highest BCUT2D eigenvalue weighted by atomic mass is 16.3. The lowest BCUT2D eigenvalue weighted by atomic mass is 9.94. The third-order valence-electron chi connectivity index (χ3n) is 3.90. The van der Waals surface area contributed by atoms with Gasteiger partial charge < -0.3 is 10.4 Å². The summed E-state index contributed by atoms with van der Waals surface area (Å²) in [6.45, 7) is 2.44. The zero-order chi connectivity index (χ0) is 9.26. The van der Waals surface area contributed by atoms with Crippen molar-refractivity contribution >= 4 is 0 Å². The minimum atomic E-state index is 0.296. The SMILES string of the molecule is CC[C@H](CO)N[C@@H]1C[C@@H]2CC[C@@H]1C2. The van der Waals surface area contributed by atoms with Crippen molar-refractivity contribution < 1.29 is 5.11 Å². The third kappa shape index (κ3) is 1.89. The summed E-state index contributed by atoms with van der Waals surface area (Å²) < 4.78 is 0. The average molecular weight is 183 g/mol. The fraction of sp³-hybridized carbons (Fsp3) is 1.00. The summed E-state index contributed by atoms with van der Waals surface area (Å²) in [6, 6.07) is 1.06. The molecule has 4 atom stereocenters. The van der Waals surface area contributed by atoms with Gasteiger partial charge in [0.15, 0.2) is 0 Å². The van der Waals surface area contributed by atoms with Crippen LogP contribution in [0.3, 0.4) is 0 Å². The molecular weight excluding hydrogens is 162 g/mol. The van der Waals surface area contributed by atoms with E-state index in [0.717, 1.165) is 24.3 Å². The number of fused-ring (bicyclic) bond motifs is 2. The maximum Gasteiger partial charge on any atom is 0.0584 e. The van der Waals surface area contributed by atoms with Crippen LogP contribution < -0.4 is 5.32 Å². The second kappa shape index (κ2) is 3.97. The predicted molar refractivity (Wildman–Crippen MR) is 53.5 cm³/mol. The first kappa shape index (κ1) is 9.47. The van der Waals surface area contributed by atoms with Gasteiger partial charge in [-0.1, -0.05) is 13.3 Å². The van der Waals surface area contributed by atoms with E-state index >= 15 is 0 Å². The second-order valence-electron chi connectivity index (χ2n) is 4.74. The standard InChI is InChI=1S/C11H21NO/c1-2-10(7-13)12-11-6-8-3-4-9(11)5-8/h8-13H,2-7H2,1H3/t8-,9-,10-,11-/m1/s1. The molecule has 13 heavy (non-hydrogen) atoms. The minimum absolute atomic E-state index is 0.296. The molecule has 2 aliphatic rings. The third-order valence-corrected chi connectivity index (χ3v) is 3.90. The first-order valence-electron chi connectivity index (χ1n) is 5.70. The van der Waals surface area contributed by atoms with Crippen LogP contribution >= 0.6 is 0 Å². The highest BCUT2D eigenvalue weighted by Gasteiger charge is 2.39. The molecule has 76 valence electrons. The van der Waals surface area contributed by atoms with Gasteiger partial charge in [-0.2, -0.15) is 0 Å². The Hall–Kier alpha value is -0.0800. The van der Waals surface area contributed by atoms with E-state index in [1.165, 1.54) is 25.7 Å². The lowest BCUT2D eigenvalue weighted by Crippen LogP contribution is -2.42. The Labute approximate surface area is 80.7 Å². The molecule has 2 nitrogen and oxygen atoms in total. The summed E-state index contributed by atoms with van der Waals surface area (Å²) in [5.74, 6) is 1.92. The summed E-state index contributed by atoms with van der Waals surface area (Å²) in [5, 5.41) is 12.7. The van der Waals surface area contributed by atoms with Crippen LogP contribution in [0.5, 0.6) is 0 Å². The van der Waals surface area contributed by atoms with Crippen molar-refractivity contribution in [3.8, 4) is 0 Å². The maximum absolute atomic E-state index is 9.09. The molecule has 0 unspecified atom stereocenters. The normalized spacial score (nSPS) is 39.7. The summed E-state index contributed by atoms with van der Waals surface area (Å²) in [5.41, 5.74) is 0. The highest BCUT2D eigenvalue weighted by Crippen LogP contribution is 2.44. The van der Waals surface area contributed by atoms with E-state index in [0.29, 0.717) is 12.6 Å². The van der Waals surface area contributed by atoms with E-state index in [9.17, 15) is 0 Å². The van der Waals surface area contributed by atoms with Gasteiger partial charge in [0.25, 0.3) is 0 Å². The lowest BCUT2D eigenvalue weighted by molar-refractivity contribution is 0.210. The number of aliphatic hydroxyl groups excluding tert-OH is 1. The largest absolute Gasteiger partial charge is 0.395 e. The fourth-order valence-electron chi connectivity index (χ4n) is 3.05. The molecule has 0 spiro atoms. The molecule has 0 aromatic heterocycles. The number of rotatable bonds is 4. The Morgan fingerprint density at radius 2 is 2.23 bits per heavy atom. The Balaban J connectivity index is 1.82. The van der Waals surface area contributed by atoms with Gasteiger partial charge in [-0.15, -0.1) is 0 Å². The molecule has 0 radical (unpaired) electrons. The molecule has 2 aliphatic carbocycles. The van der Waals surface area contributed by atoms with Crippen LogP contribution in [0.2, 0.25) is 0 Å². The Morgan fingerprint density at radius 1 is 1.38 bits per heavy atom. The Bertz CT molecular complexity index is 167. The van der Waals surface area contributed by atoms with Crippen molar-refractivity contribution in [3.63, 3.8) is 0 Å². The van der Waals surface area contributed by atoms with Crippen LogP contribution in [0.4, 0.5) is 0 Å². The zero-order valence-corrected chi connectivity index (χ0v) is 8.50. The lowest BCUT2D eigenvalue weighted by Gasteiger charge is -2.27. The molecule has 2 bridgehead atoms. The molecule has 0 aromatic rings. The molecule has 0 saturated heterocycles. The number of hydrogen-bond donors (Lipinski definition) is 2. The van der Waals surface area contributed by atoms with Crippen LogP contribution in [0.25, 0.3) is 0 Å². The summed E-state index contributed by atoms with van der Waals surface area (Å²) >= 11 is 0. The molecule has 2 heteroatoms. The number of aliphatic hydroxyl groups is 1. The van der Waals surface area contributed by atoms with E-state index in [-0.39, 0.29) is 0 Å². The van der Waals surface area contributed by atoms with Gasteiger partial charge in [0.1, 0.15) is 0 Å². The molecule has 0 aliphatic heterocycles. The monoisotopic (exact) mass is 183 g/mol. The molecule has 2 saturated carbocycles. The van der Waals surface area contributed by atoms with Gasteiger partial charge in [-0.25, -0.2) is 0 Å². The quantitative estimate of drug-likeness (QED) is 0.693. The fourth-order valence-corrected chi connectivity index (χ4v) is 3.05. The van der Waals surface area contributed by atoms with Crippen LogP contribution in [0.1, 0.15) is 39.0 Å². The molecule has 2 rings (SSSR count). The van der Waals surface area contributed by atoms with Gasteiger partial charge in [0.05, 0.1) is 6.61 Å². The number of nitrogens with one attached hydrogen (secondary N) is 1. The molecular formula is C11H21NO. The Morgan fingerprint density at radius 3 is 2.69 bits per heavy atom. The average Bonchev–Trinajstić information content (AvgIpc) is 2.75. The van der Waals surface area contributed by atoms with Crippen LogP contribution in [0, 0.1) is 11.8 Å². The Kier molecular flexibility index (Phi) is 2.89. The van der Waals surface area contributed by atoms with Gasteiger partial charge in [0, 0.05) is 12.1 Å². The summed E-state index contributed by atoms with van der Waals surface area (Å²) in [4.78, 5) is 0. The van der Waals surface area contributed by atoms with Crippen LogP contribution in [0.15, 0.2) is 0 Å². The molecule has 2 fully saturated rings. The van der Waals surface area contributed by atoms with Crippen molar-refractivity contribution in [1.29, 1.82) is 0 Å². The first-order chi connectivity index (χ1) is 6.33. The topological polar surface area (TPSA) is 32.3 Å². The van der Waals surface area contributed by atoms with Gasteiger partial charge in [-0.05, 0) is 37.5 Å². The van der Waals surface area contributed by atoms with E-state index in [4.69, 9.17) is 5.11 Å². The van der Waals surface area contributed by atoms with Crippen molar-refractivity contribution in [2.24, 2.45) is 11.8 Å². The van der Waals surface area contributed by atoms with Gasteiger partial charge in [0.2, 0.25) is 0 Å². The van der Waals surface area contributed by atoms with E-state index in [2.05, 4.69) is 12.2 Å². The van der Waals surface area contributed by atoms with Crippen molar-refractivity contribution in [2.75, 3.05) is 6.61 Å². The predicted octanol–water partition coefficient (Wildman–Crippen LogP) is 1.54. The van der Waals surface area contributed by atoms with Crippen molar-refractivity contribution in [1.82, 2.24) is 5.32 Å². The summed E-state index contributed by atoms with van der Waals surface area (Å²) in [6.07, 6.45) is 6.73. The van der Waals surface area contributed by atoms with Crippen LogP contribution in [-0.2, 0) is 0 Å². The van der Waals surface area contributed by atoms with E-state index < -0.39 is 0 Å². The van der Waals surface area contributed by atoms with Gasteiger partial charge in [-0.3, -0.25) is 0 Å². The second-order valence-corrected chi connectivity index (χ2v) is 4.74. The first-order valence-corrected chi connectivity index (χ1v) is 5.70. The molecule has 0 heterocycles. The minimum Gasteiger partial charge on any atom is -0.395 e.